The molecular formula is C15H18N2O4S. The van der Waals surface area contributed by atoms with E-state index >= 15 is 0 Å². The zero-order valence-electron chi connectivity index (χ0n) is 12.4. The molecule has 0 atom stereocenters. The number of hydrogen-bond acceptors (Lipinski definition) is 4. The Hall–Kier alpha value is -1.86. The van der Waals surface area contributed by atoms with Gasteiger partial charge in [0.2, 0.25) is 10.0 Å². The third-order valence-corrected chi connectivity index (χ3v) is 5.15. The van der Waals surface area contributed by atoms with Crippen molar-refractivity contribution in [1.82, 2.24) is 9.21 Å². The molecule has 22 heavy (non-hydrogen) atoms. The Bertz CT molecular complexity index is 764. The van der Waals surface area contributed by atoms with Crippen LogP contribution in [0.25, 0.3) is 11.0 Å². The van der Waals surface area contributed by atoms with Crippen LogP contribution in [-0.2, 0) is 10.0 Å². The Labute approximate surface area is 129 Å². The minimum Gasteiger partial charge on any atom is -0.451 e. The van der Waals surface area contributed by atoms with Crippen LogP contribution in [0.4, 0.5) is 0 Å². The molecule has 1 aromatic heterocycles. The Balaban J connectivity index is 1.77. The Morgan fingerprint density at radius 2 is 1.91 bits per heavy atom. The normalized spacial score (nSPS) is 17.6. The molecule has 0 N–H and O–H groups in total. The second-order valence-electron chi connectivity index (χ2n) is 5.46. The summed E-state index contributed by atoms with van der Waals surface area (Å²) in [6, 6.07) is 9.19. The minimum absolute atomic E-state index is 0.188. The molecule has 2 heterocycles. The van der Waals surface area contributed by atoms with Crippen LogP contribution in [0.15, 0.2) is 34.7 Å². The van der Waals surface area contributed by atoms with Crippen LogP contribution in [0, 0.1) is 0 Å². The van der Waals surface area contributed by atoms with E-state index in [1.165, 1.54) is 10.6 Å². The van der Waals surface area contributed by atoms with E-state index in [4.69, 9.17) is 4.42 Å². The molecule has 0 aliphatic carbocycles. The first-order chi connectivity index (χ1) is 10.4. The molecule has 0 bridgehead atoms. The van der Waals surface area contributed by atoms with Crippen LogP contribution in [0.2, 0.25) is 0 Å². The quantitative estimate of drug-likeness (QED) is 0.841. The minimum atomic E-state index is -3.21. The van der Waals surface area contributed by atoms with E-state index in [2.05, 4.69) is 0 Å². The van der Waals surface area contributed by atoms with Crippen molar-refractivity contribution in [1.29, 1.82) is 0 Å². The first-order valence-corrected chi connectivity index (χ1v) is 9.03. The number of rotatable bonds is 2. The van der Waals surface area contributed by atoms with E-state index in [1.807, 2.05) is 24.3 Å². The smallest absolute Gasteiger partial charge is 0.289 e. The molecule has 0 spiro atoms. The van der Waals surface area contributed by atoms with Crippen molar-refractivity contribution in [3.05, 3.63) is 36.1 Å². The maximum Gasteiger partial charge on any atom is 0.289 e. The number of para-hydroxylation sites is 1. The van der Waals surface area contributed by atoms with Gasteiger partial charge in [0.25, 0.3) is 5.91 Å². The number of carbonyl (C=O) groups is 1. The van der Waals surface area contributed by atoms with Crippen LogP contribution in [-0.4, -0.2) is 56.0 Å². The van der Waals surface area contributed by atoms with Crippen LogP contribution in [0.3, 0.4) is 0 Å². The summed E-state index contributed by atoms with van der Waals surface area (Å²) in [6.45, 7) is 1.68. The first kappa shape index (κ1) is 15.1. The second-order valence-corrected chi connectivity index (χ2v) is 7.44. The summed E-state index contributed by atoms with van der Waals surface area (Å²) in [7, 11) is -3.21. The fourth-order valence-corrected chi connectivity index (χ4v) is 3.55. The van der Waals surface area contributed by atoms with Gasteiger partial charge < -0.3 is 9.32 Å². The largest absolute Gasteiger partial charge is 0.451 e. The molecule has 0 radical (unpaired) electrons. The van der Waals surface area contributed by atoms with Crippen LogP contribution in [0.5, 0.6) is 0 Å². The van der Waals surface area contributed by atoms with E-state index in [0.29, 0.717) is 43.9 Å². The first-order valence-electron chi connectivity index (χ1n) is 7.18. The van der Waals surface area contributed by atoms with Crippen molar-refractivity contribution in [2.45, 2.75) is 6.42 Å². The lowest BCUT2D eigenvalue weighted by Gasteiger charge is -2.19. The van der Waals surface area contributed by atoms with Crippen molar-refractivity contribution in [3.63, 3.8) is 0 Å². The van der Waals surface area contributed by atoms with Crippen molar-refractivity contribution in [2.75, 3.05) is 32.4 Å². The molecule has 1 aliphatic rings. The molecule has 6 nitrogen and oxygen atoms in total. The topological polar surface area (TPSA) is 70.8 Å². The van der Waals surface area contributed by atoms with Gasteiger partial charge in [0.15, 0.2) is 5.76 Å². The molecule has 3 rings (SSSR count). The monoisotopic (exact) mass is 322 g/mol. The fourth-order valence-electron chi connectivity index (χ4n) is 2.67. The Kier molecular flexibility index (Phi) is 3.92. The zero-order valence-corrected chi connectivity index (χ0v) is 13.2. The van der Waals surface area contributed by atoms with Crippen LogP contribution in [0.1, 0.15) is 17.0 Å². The van der Waals surface area contributed by atoms with Crippen molar-refractivity contribution in [2.24, 2.45) is 0 Å². The van der Waals surface area contributed by atoms with Gasteiger partial charge in [0.1, 0.15) is 5.58 Å². The lowest BCUT2D eigenvalue weighted by atomic mass is 10.2. The third-order valence-electron chi connectivity index (χ3n) is 3.85. The van der Waals surface area contributed by atoms with Gasteiger partial charge in [-0.3, -0.25) is 4.79 Å². The summed E-state index contributed by atoms with van der Waals surface area (Å²) in [5.74, 6) is 0.112. The van der Waals surface area contributed by atoms with Gasteiger partial charge in [-0.25, -0.2) is 12.7 Å². The van der Waals surface area contributed by atoms with E-state index in [1.54, 1.807) is 11.0 Å². The molecule has 7 heteroatoms. The van der Waals surface area contributed by atoms with E-state index in [0.717, 1.165) is 5.39 Å². The highest BCUT2D eigenvalue weighted by Crippen LogP contribution is 2.20. The molecule has 1 fully saturated rings. The van der Waals surface area contributed by atoms with Gasteiger partial charge in [-0.05, 0) is 18.6 Å². The van der Waals surface area contributed by atoms with Gasteiger partial charge in [0, 0.05) is 31.6 Å². The van der Waals surface area contributed by atoms with Gasteiger partial charge in [-0.15, -0.1) is 0 Å². The lowest BCUT2D eigenvalue weighted by molar-refractivity contribution is 0.0735. The summed E-state index contributed by atoms with van der Waals surface area (Å²) in [4.78, 5) is 14.2. The molecule has 0 saturated carbocycles. The lowest BCUT2D eigenvalue weighted by Crippen LogP contribution is -2.36. The second kappa shape index (κ2) is 5.73. The highest BCUT2D eigenvalue weighted by atomic mass is 32.2. The summed E-state index contributed by atoms with van der Waals surface area (Å²) < 4.78 is 30.2. The maximum absolute atomic E-state index is 12.5. The Morgan fingerprint density at radius 3 is 2.64 bits per heavy atom. The molecule has 1 aliphatic heterocycles. The van der Waals surface area contributed by atoms with Gasteiger partial charge in [-0.1, -0.05) is 18.2 Å². The molecule has 118 valence electrons. The number of sulfonamides is 1. The van der Waals surface area contributed by atoms with Crippen molar-refractivity contribution in [3.8, 4) is 0 Å². The standard InChI is InChI=1S/C15H18N2O4S/c1-22(19,20)17-8-4-7-16(9-10-17)15(18)14-11-12-5-2-3-6-13(12)21-14/h2-3,5-6,11H,4,7-10H2,1H3. The van der Waals surface area contributed by atoms with Crippen molar-refractivity contribution < 1.29 is 17.6 Å². The average Bonchev–Trinajstić information content (AvgIpc) is 2.73. The average molecular weight is 322 g/mol. The summed E-state index contributed by atoms with van der Waals surface area (Å²) in [5, 5.41) is 0.887. The Morgan fingerprint density at radius 1 is 1.14 bits per heavy atom. The van der Waals surface area contributed by atoms with Crippen LogP contribution >= 0.6 is 0 Å². The van der Waals surface area contributed by atoms with Crippen molar-refractivity contribution >= 4 is 26.9 Å². The zero-order chi connectivity index (χ0) is 15.7. The summed E-state index contributed by atoms with van der Waals surface area (Å²) in [6.07, 6.45) is 1.82. The van der Waals surface area contributed by atoms with Gasteiger partial charge in [0.05, 0.1) is 6.26 Å². The summed E-state index contributed by atoms with van der Waals surface area (Å²) in [5.41, 5.74) is 0.679. The molecule has 1 saturated heterocycles. The number of nitrogens with zero attached hydrogens (tertiary/aromatic N) is 2. The molecule has 2 aromatic rings. The number of furan rings is 1. The fraction of sp³-hybridized carbons (Fsp3) is 0.400. The predicted octanol–water partition coefficient (Wildman–Crippen LogP) is 1.54. The highest BCUT2D eigenvalue weighted by Gasteiger charge is 2.26. The number of fused-ring (bicyclic) bond motifs is 1. The number of amides is 1. The van der Waals surface area contributed by atoms with E-state index < -0.39 is 10.0 Å². The SMILES string of the molecule is CS(=O)(=O)N1CCCN(C(=O)c2cc3ccccc3o2)CC1. The molecule has 0 unspecified atom stereocenters. The summed E-state index contributed by atoms with van der Waals surface area (Å²) >= 11 is 0. The molecule has 1 aromatic carbocycles. The third kappa shape index (κ3) is 3.00. The van der Waals surface area contributed by atoms with E-state index in [-0.39, 0.29) is 5.91 Å². The van der Waals surface area contributed by atoms with Crippen LogP contribution < -0.4 is 0 Å². The number of hydrogen-bond donors (Lipinski definition) is 0. The number of carbonyl (C=O) groups excluding carboxylic acids is 1. The van der Waals surface area contributed by atoms with Gasteiger partial charge >= 0.3 is 0 Å². The van der Waals surface area contributed by atoms with E-state index in [9.17, 15) is 13.2 Å². The maximum atomic E-state index is 12.5. The molecule has 1 amide bonds. The van der Waals surface area contributed by atoms with Gasteiger partial charge in [-0.2, -0.15) is 0 Å². The highest BCUT2D eigenvalue weighted by molar-refractivity contribution is 7.88. The number of benzene rings is 1. The molecular weight excluding hydrogens is 304 g/mol. The predicted molar refractivity (Wildman–Crippen MR) is 83.2 cm³/mol.